The fourth-order valence-corrected chi connectivity index (χ4v) is 4.59. The minimum atomic E-state index is -3.04. The third-order valence-electron chi connectivity index (χ3n) is 3.53. The second kappa shape index (κ2) is 3.43. The lowest BCUT2D eigenvalue weighted by molar-refractivity contribution is 0.00747. The summed E-state index contributed by atoms with van der Waals surface area (Å²) in [4.78, 5) is 0. The van der Waals surface area contributed by atoms with E-state index in [-0.39, 0.29) is 17.4 Å². The van der Waals surface area contributed by atoms with Gasteiger partial charge in [-0.1, -0.05) is 0 Å². The zero-order chi connectivity index (χ0) is 11.3. The maximum absolute atomic E-state index is 12.3. The normalized spacial score (nSPS) is 43.3. The molecule has 0 spiro atoms. The molecule has 2 aliphatic heterocycles. The summed E-state index contributed by atoms with van der Waals surface area (Å²) >= 11 is 0. The summed E-state index contributed by atoms with van der Waals surface area (Å²) in [5.74, 6) is 0. The number of hydrogen-bond acceptors (Lipinski definition) is 4. The summed E-state index contributed by atoms with van der Waals surface area (Å²) < 4.78 is 29.5. The molecule has 2 rings (SSSR count). The van der Waals surface area contributed by atoms with E-state index in [2.05, 4.69) is 5.32 Å². The van der Waals surface area contributed by atoms with Gasteiger partial charge in [-0.25, -0.2) is 8.42 Å². The summed E-state index contributed by atoms with van der Waals surface area (Å²) in [6.45, 7) is 6.57. The van der Waals surface area contributed by atoms with E-state index in [1.807, 2.05) is 6.92 Å². The third kappa shape index (κ3) is 1.70. The lowest BCUT2D eigenvalue weighted by Gasteiger charge is -2.44. The summed E-state index contributed by atoms with van der Waals surface area (Å²) in [5.41, 5.74) is 0. The van der Waals surface area contributed by atoms with Gasteiger partial charge in [-0.15, -0.1) is 0 Å². The van der Waals surface area contributed by atoms with Gasteiger partial charge in [-0.2, -0.15) is 0 Å². The molecule has 88 valence electrons. The molecule has 2 fully saturated rings. The molecule has 3 unspecified atom stereocenters. The fourth-order valence-electron chi connectivity index (χ4n) is 2.36. The molecule has 15 heavy (non-hydrogen) atoms. The lowest BCUT2D eigenvalue weighted by Crippen LogP contribution is -2.64. The van der Waals surface area contributed by atoms with Crippen LogP contribution < -0.4 is 5.32 Å². The Kier molecular flexibility index (Phi) is 2.60. The highest BCUT2D eigenvalue weighted by atomic mass is 32.2. The highest BCUT2D eigenvalue weighted by Crippen LogP contribution is 2.32. The van der Waals surface area contributed by atoms with Gasteiger partial charge in [0.2, 0.25) is 0 Å². The van der Waals surface area contributed by atoms with Crippen molar-refractivity contribution in [2.75, 3.05) is 13.2 Å². The maximum atomic E-state index is 12.3. The van der Waals surface area contributed by atoms with Crippen molar-refractivity contribution in [1.29, 1.82) is 0 Å². The molecule has 0 saturated carbocycles. The van der Waals surface area contributed by atoms with Crippen LogP contribution in [0.25, 0.3) is 0 Å². The van der Waals surface area contributed by atoms with Gasteiger partial charge >= 0.3 is 0 Å². The smallest absolute Gasteiger partial charge is 0.161 e. The predicted octanol–water partition coefficient (Wildman–Crippen LogP) is 0.329. The van der Waals surface area contributed by atoms with Crippen LogP contribution in [-0.4, -0.2) is 43.7 Å². The van der Waals surface area contributed by atoms with Crippen molar-refractivity contribution >= 4 is 9.84 Å². The van der Waals surface area contributed by atoms with E-state index in [9.17, 15) is 8.42 Å². The van der Waals surface area contributed by atoms with Crippen LogP contribution in [0.15, 0.2) is 0 Å². The highest BCUT2D eigenvalue weighted by Gasteiger charge is 2.50. The summed E-state index contributed by atoms with van der Waals surface area (Å²) in [7, 11) is -3.04. The molecule has 0 aliphatic carbocycles. The molecule has 0 radical (unpaired) electrons. The Morgan fingerprint density at radius 2 is 2.07 bits per heavy atom. The van der Waals surface area contributed by atoms with Crippen LogP contribution in [0, 0.1) is 0 Å². The number of nitrogens with one attached hydrogen (secondary N) is 1. The standard InChI is InChI=1S/C10H19NO3S/c1-7-4-9-8(5-14-7)11-6-10(2,3)15(9,12)13/h7-9,11H,4-6H2,1-3H3. The molecule has 2 heterocycles. The van der Waals surface area contributed by atoms with Gasteiger partial charge in [0.1, 0.15) is 0 Å². The maximum Gasteiger partial charge on any atom is 0.161 e. The Labute approximate surface area is 91.3 Å². The van der Waals surface area contributed by atoms with Gasteiger partial charge < -0.3 is 10.1 Å². The van der Waals surface area contributed by atoms with Gasteiger partial charge in [-0.3, -0.25) is 0 Å². The Balaban J connectivity index is 2.31. The minimum Gasteiger partial charge on any atom is -0.377 e. The number of hydrogen-bond donors (Lipinski definition) is 1. The number of rotatable bonds is 0. The zero-order valence-corrected chi connectivity index (χ0v) is 10.3. The van der Waals surface area contributed by atoms with Crippen molar-refractivity contribution in [2.45, 2.75) is 49.3 Å². The molecule has 3 atom stereocenters. The number of sulfone groups is 1. The van der Waals surface area contributed by atoms with Crippen LogP contribution in [-0.2, 0) is 14.6 Å². The van der Waals surface area contributed by atoms with E-state index in [4.69, 9.17) is 4.74 Å². The monoisotopic (exact) mass is 233 g/mol. The Bertz CT molecular complexity index is 350. The predicted molar refractivity (Wildman–Crippen MR) is 58.6 cm³/mol. The Hall–Kier alpha value is -0.130. The first kappa shape index (κ1) is 11.4. The van der Waals surface area contributed by atoms with Gasteiger partial charge in [0.25, 0.3) is 0 Å². The van der Waals surface area contributed by atoms with Crippen molar-refractivity contribution in [3.63, 3.8) is 0 Å². The SMILES string of the molecule is CC1CC2C(CO1)NCC(C)(C)S2(=O)=O. The Morgan fingerprint density at radius 3 is 2.73 bits per heavy atom. The van der Waals surface area contributed by atoms with Crippen molar-refractivity contribution in [3.8, 4) is 0 Å². The van der Waals surface area contributed by atoms with Gasteiger partial charge in [0.15, 0.2) is 9.84 Å². The van der Waals surface area contributed by atoms with Crippen LogP contribution in [0.2, 0.25) is 0 Å². The molecular formula is C10H19NO3S. The second-order valence-electron chi connectivity index (χ2n) is 5.21. The van der Waals surface area contributed by atoms with Crippen molar-refractivity contribution in [3.05, 3.63) is 0 Å². The van der Waals surface area contributed by atoms with Gasteiger partial charge in [0, 0.05) is 12.6 Å². The molecule has 2 aliphatic rings. The molecule has 0 aromatic rings. The van der Waals surface area contributed by atoms with Crippen molar-refractivity contribution in [1.82, 2.24) is 5.32 Å². The quantitative estimate of drug-likeness (QED) is 0.655. The minimum absolute atomic E-state index is 0.0146. The first-order valence-corrected chi connectivity index (χ1v) is 6.98. The Morgan fingerprint density at radius 1 is 1.40 bits per heavy atom. The first-order valence-electron chi connectivity index (χ1n) is 5.43. The highest BCUT2D eigenvalue weighted by molar-refractivity contribution is 7.93. The van der Waals surface area contributed by atoms with Crippen LogP contribution in [0.1, 0.15) is 27.2 Å². The fraction of sp³-hybridized carbons (Fsp3) is 1.00. The largest absolute Gasteiger partial charge is 0.377 e. The number of ether oxygens (including phenoxy) is 1. The van der Waals surface area contributed by atoms with Crippen LogP contribution in [0.4, 0.5) is 0 Å². The molecule has 0 aromatic carbocycles. The lowest BCUT2D eigenvalue weighted by atomic mass is 10.0. The zero-order valence-electron chi connectivity index (χ0n) is 9.49. The first-order chi connectivity index (χ1) is 6.84. The average molecular weight is 233 g/mol. The summed E-state index contributed by atoms with van der Waals surface area (Å²) in [6, 6.07) is -0.0146. The van der Waals surface area contributed by atoms with E-state index < -0.39 is 14.6 Å². The molecule has 5 heteroatoms. The van der Waals surface area contributed by atoms with E-state index in [0.29, 0.717) is 19.6 Å². The molecule has 0 aromatic heterocycles. The van der Waals surface area contributed by atoms with Crippen LogP contribution >= 0.6 is 0 Å². The van der Waals surface area contributed by atoms with E-state index in [1.54, 1.807) is 13.8 Å². The number of fused-ring (bicyclic) bond motifs is 1. The molecule has 0 bridgehead atoms. The molecule has 0 amide bonds. The average Bonchev–Trinajstić information content (AvgIpc) is 2.14. The molecular weight excluding hydrogens is 214 g/mol. The van der Waals surface area contributed by atoms with E-state index in [0.717, 1.165) is 0 Å². The van der Waals surface area contributed by atoms with Crippen molar-refractivity contribution < 1.29 is 13.2 Å². The van der Waals surface area contributed by atoms with Crippen LogP contribution in [0.5, 0.6) is 0 Å². The van der Waals surface area contributed by atoms with Gasteiger partial charge in [0.05, 0.1) is 22.7 Å². The second-order valence-corrected chi connectivity index (χ2v) is 8.01. The molecule has 4 nitrogen and oxygen atoms in total. The van der Waals surface area contributed by atoms with Crippen LogP contribution in [0.3, 0.4) is 0 Å². The van der Waals surface area contributed by atoms with Crippen molar-refractivity contribution in [2.24, 2.45) is 0 Å². The van der Waals surface area contributed by atoms with E-state index in [1.165, 1.54) is 0 Å². The molecule has 1 N–H and O–H groups in total. The summed E-state index contributed by atoms with van der Waals surface area (Å²) in [6.07, 6.45) is 0.667. The molecule has 2 saturated heterocycles. The third-order valence-corrected chi connectivity index (χ3v) is 6.53. The summed E-state index contributed by atoms with van der Waals surface area (Å²) in [5, 5.41) is 3.01. The van der Waals surface area contributed by atoms with Gasteiger partial charge in [-0.05, 0) is 27.2 Å². The van der Waals surface area contributed by atoms with E-state index >= 15 is 0 Å². The topological polar surface area (TPSA) is 55.4 Å².